The van der Waals surface area contributed by atoms with Crippen molar-refractivity contribution in [2.75, 3.05) is 16.4 Å². The molecule has 3 aromatic carbocycles. The highest BCUT2D eigenvalue weighted by Gasteiger charge is 2.14. The molecule has 172 valence electrons. The van der Waals surface area contributed by atoms with Crippen LogP contribution in [0.1, 0.15) is 10.4 Å². The van der Waals surface area contributed by atoms with Crippen molar-refractivity contribution in [3.05, 3.63) is 109 Å². The van der Waals surface area contributed by atoms with Crippen LogP contribution in [-0.2, 0) is 0 Å². The number of aromatic amines is 1. The maximum absolute atomic E-state index is 13.0. The van der Waals surface area contributed by atoms with E-state index in [2.05, 4.69) is 25.8 Å². The first kappa shape index (κ1) is 21.7. The highest BCUT2D eigenvalue weighted by molar-refractivity contribution is 6.08. The fourth-order valence-corrected chi connectivity index (χ4v) is 3.57. The molecule has 0 saturated carbocycles. The number of H-pyrrole nitrogens is 1. The molecule has 2 aromatic heterocycles. The Bertz CT molecular complexity index is 1450. The van der Waals surface area contributed by atoms with Gasteiger partial charge in [-0.2, -0.15) is 5.10 Å². The van der Waals surface area contributed by atoms with Gasteiger partial charge in [0, 0.05) is 28.7 Å². The van der Waals surface area contributed by atoms with Crippen molar-refractivity contribution in [1.82, 2.24) is 15.2 Å². The molecule has 0 aliphatic rings. The van der Waals surface area contributed by atoms with Crippen molar-refractivity contribution in [3.8, 4) is 22.8 Å². The molecule has 8 heteroatoms. The molecule has 0 spiro atoms. The molecular formula is C27H22N6O2. The number of carbonyl (C=O) groups excluding carboxylic acids is 1. The predicted molar refractivity (Wildman–Crippen MR) is 137 cm³/mol. The third-order valence-electron chi connectivity index (χ3n) is 5.28. The Morgan fingerprint density at radius 1 is 0.829 bits per heavy atom. The lowest BCUT2D eigenvalue weighted by Crippen LogP contribution is -2.13. The zero-order valence-electron chi connectivity index (χ0n) is 18.6. The number of nitrogens with zero attached hydrogens (tertiary/aromatic N) is 2. The van der Waals surface area contributed by atoms with E-state index in [0.29, 0.717) is 34.3 Å². The van der Waals surface area contributed by atoms with Crippen molar-refractivity contribution < 1.29 is 9.53 Å². The van der Waals surface area contributed by atoms with Crippen molar-refractivity contribution >= 4 is 28.8 Å². The number of amides is 1. The molecule has 0 radical (unpaired) electrons. The highest BCUT2D eigenvalue weighted by atomic mass is 16.5. The van der Waals surface area contributed by atoms with E-state index in [9.17, 15) is 4.79 Å². The number of nitrogen functional groups attached to an aromatic ring is 1. The molecule has 35 heavy (non-hydrogen) atoms. The quantitative estimate of drug-likeness (QED) is 0.241. The number of nitrogens with one attached hydrogen (secondary N) is 3. The van der Waals surface area contributed by atoms with Crippen molar-refractivity contribution in [1.29, 1.82) is 0 Å². The second-order valence-corrected chi connectivity index (χ2v) is 7.67. The summed E-state index contributed by atoms with van der Waals surface area (Å²) in [5.41, 5.74) is 10.2. The number of hydrogen-bond acceptors (Lipinski definition) is 6. The summed E-state index contributed by atoms with van der Waals surface area (Å²) in [6, 6.07) is 27.8. The Morgan fingerprint density at radius 2 is 1.60 bits per heavy atom. The van der Waals surface area contributed by atoms with Crippen LogP contribution in [0, 0.1) is 0 Å². The number of aromatic nitrogens is 3. The van der Waals surface area contributed by atoms with Crippen molar-refractivity contribution in [2.24, 2.45) is 0 Å². The first-order valence-electron chi connectivity index (χ1n) is 10.9. The van der Waals surface area contributed by atoms with E-state index in [1.807, 2.05) is 54.6 Å². The molecule has 0 fully saturated rings. The van der Waals surface area contributed by atoms with Gasteiger partial charge in [0.2, 0.25) is 5.88 Å². The van der Waals surface area contributed by atoms with Gasteiger partial charge in [-0.05, 0) is 60.7 Å². The van der Waals surface area contributed by atoms with Crippen molar-refractivity contribution in [3.63, 3.8) is 0 Å². The smallest absolute Gasteiger partial charge is 0.257 e. The van der Waals surface area contributed by atoms with Gasteiger partial charge < -0.3 is 21.1 Å². The number of benzene rings is 3. The summed E-state index contributed by atoms with van der Waals surface area (Å²) in [5, 5.41) is 12.9. The number of rotatable bonds is 7. The summed E-state index contributed by atoms with van der Waals surface area (Å²) in [4.78, 5) is 17.3. The van der Waals surface area contributed by atoms with E-state index in [1.54, 1.807) is 48.8 Å². The Balaban J connectivity index is 1.30. The van der Waals surface area contributed by atoms with Crippen LogP contribution in [0.15, 0.2) is 103 Å². The number of hydrogen-bond donors (Lipinski definition) is 4. The number of para-hydroxylation sites is 2. The van der Waals surface area contributed by atoms with Gasteiger partial charge in [-0.3, -0.25) is 9.89 Å². The third kappa shape index (κ3) is 4.96. The molecule has 2 heterocycles. The molecule has 5 N–H and O–H groups in total. The minimum absolute atomic E-state index is 0.222. The predicted octanol–water partition coefficient (Wildman–Crippen LogP) is 5.84. The van der Waals surface area contributed by atoms with Gasteiger partial charge in [-0.25, -0.2) is 4.98 Å². The molecule has 5 aromatic rings. The summed E-state index contributed by atoms with van der Waals surface area (Å²) >= 11 is 0. The Labute approximate surface area is 201 Å². The molecule has 0 aliphatic heterocycles. The first-order valence-corrected chi connectivity index (χ1v) is 10.9. The second kappa shape index (κ2) is 9.80. The highest BCUT2D eigenvalue weighted by Crippen LogP contribution is 2.33. The summed E-state index contributed by atoms with van der Waals surface area (Å²) in [6.07, 6.45) is 3.27. The average molecular weight is 463 g/mol. The third-order valence-corrected chi connectivity index (χ3v) is 5.28. The Morgan fingerprint density at radius 3 is 2.37 bits per heavy atom. The molecule has 0 bridgehead atoms. The van der Waals surface area contributed by atoms with E-state index >= 15 is 0 Å². The standard InChI is InChI=1S/C27H22N6O2/c28-25-23(17-30-33-25)21-10-6-16-29-27(21)35-20-14-12-19(13-15-20)32-26(34)22-9-4-5-11-24(22)31-18-7-2-1-3-8-18/h1-17,31H,(H,32,34)(H3,28,30,33). The summed E-state index contributed by atoms with van der Waals surface area (Å²) < 4.78 is 5.99. The lowest BCUT2D eigenvalue weighted by atomic mass is 10.1. The molecule has 0 saturated heterocycles. The van der Waals surface area contributed by atoms with Crippen LogP contribution in [0.2, 0.25) is 0 Å². The van der Waals surface area contributed by atoms with E-state index in [-0.39, 0.29) is 5.91 Å². The Kier molecular flexibility index (Phi) is 6.08. The van der Waals surface area contributed by atoms with Gasteiger partial charge in [-0.15, -0.1) is 0 Å². The van der Waals surface area contributed by atoms with Gasteiger partial charge >= 0.3 is 0 Å². The lowest BCUT2D eigenvalue weighted by Gasteiger charge is -2.13. The lowest BCUT2D eigenvalue weighted by molar-refractivity contribution is 0.102. The fourth-order valence-electron chi connectivity index (χ4n) is 3.57. The monoisotopic (exact) mass is 462 g/mol. The van der Waals surface area contributed by atoms with E-state index in [4.69, 9.17) is 10.5 Å². The van der Waals surface area contributed by atoms with E-state index in [0.717, 1.165) is 16.9 Å². The van der Waals surface area contributed by atoms with Crippen LogP contribution in [0.5, 0.6) is 11.6 Å². The van der Waals surface area contributed by atoms with Crippen LogP contribution in [0.4, 0.5) is 22.9 Å². The number of anilines is 4. The Hall–Kier alpha value is -5.11. The SMILES string of the molecule is Nc1[nH]ncc1-c1cccnc1Oc1ccc(NC(=O)c2ccccc2Nc2ccccc2)cc1. The fraction of sp³-hybridized carbons (Fsp3) is 0. The van der Waals surface area contributed by atoms with Crippen LogP contribution in [0.25, 0.3) is 11.1 Å². The largest absolute Gasteiger partial charge is 0.438 e. The maximum atomic E-state index is 13.0. The van der Waals surface area contributed by atoms with Gasteiger partial charge in [0.1, 0.15) is 11.6 Å². The number of nitrogens with two attached hydrogens (primary N) is 1. The molecule has 0 unspecified atom stereocenters. The summed E-state index contributed by atoms with van der Waals surface area (Å²) in [5.74, 6) is 1.18. The van der Waals surface area contributed by atoms with Crippen LogP contribution >= 0.6 is 0 Å². The second-order valence-electron chi connectivity index (χ2n) is 7.67. The van der Waals surface area contributed by atoms with Gasteiger partial charge in [0.05, 0.1) is 17.4 Å². The molecule has 1 amide bonds. The van der Waals surface area contributed by atoms with E-state index in [1.165, 1.54) is 0 Å². The number of pyridine rings is 1. The van der Waals surface area contributed by atoms with Crippen LogP contribution in [0.3, 0.4) is 0 Å². The van der Waals surface area contributed by atoms with Crippen LogP contribution in [-0.4, -0.2) is 21.1 Å². The molecule has 0 atom stereocenters. The maximum Gasteiger partial charge on any atom is 0.257 e. The number of ether oxygens (including phenoxy) is 1. The first-order chi connectivity index (χ1) is 17.2. The topological polar surface area (TPSA) is 118 Å². The minimum Gasteiger partial charge on any atom is -0.438 e. The van der Waals surface area contributed by atoms with E-state index < -0.39 is 0 Å². The van der Waals surface area contributed by atoms with Gasteiger partial charge in [0.25, 0.3) is 5.91 Å². The molecule has 8 nitrogen and oxygen atoms in total. The zero-order chi connectivity index (χ0) is 24.0. The van der Waals surface area contributed by atoms with Gasteiger partial charge in [0.15, 0.2) is 0 Å². The van der Waals surface area contributed by atoms with Crippen LogP contribution < -0.4 is 21.1 Å². The number of carbonyl (C=O) groups is 1. The summed E-state index contributed by atoms with van der Waals surface area (Å²) in [6.45, 7) is 0. The van der Waals surface area contributed by atoms with Gasteiger partial charge in [-0.1, -0.05) is 30.3 Å². The summed E-state index contributed by atoms with van der Waals surface area (Å²) in [7, 11) is 0. The molecule has 5 rings (SSSR count). The molecular weight excluding hydrogens is 440 g/mol. The normalized spacial score (nSPS) is 10.5. The average Bonchev–Trinajstić information content (AvgIpc) is 3.32. The molecule has 0 aliphatic carbocycles. The van der Waals surface area contributed by atoms with Crippen molar-refractivity contribution in [2.45, 2.75) is 0 Å². The zero-order valence-corrected chi connectivity index (χ0v) is 18.6. The minimum atomic E-state index is -0.222.